The molecule has 1 fully saturated rings. The van der Waals surface area contributed by atoms with Crippen molar-refractivity contribution in [3.05, 3.63) is 12.3 Å². The van der Waals surface area contributed by atoms with Gasteiger partial charge in [-0.15, -0.1) is 6.58 Å². The molecule has 4 heteroatoms. The van der Waals surface area contributed by atoms with Crippen LogP contribution in [0.5, 0.6) is 0 Å². The Morgan fingerprint density at radius 2 is 2.08 bits per heavy atom. The van der Waals surface area contributed by atoms with Crippen LogP contribution in [0.25, 0.3) is 0 Å². The zero-order chi connectivity index (χ0) is 9.95. The van der Waals surface area contributed by atoms with Gasteiger partial charge in [-0.05, 0) is 38.5 Å². The molecule has 1 aliphatic rings. The molecule has 0 aromatic rings. The molecule has 1 rings (SSSR count). The summed E-state index contributed by atoms with van der Waals surface area (Å²) in [6, 6.07) is 1.10. The maximum absolute atomic E-state index is 6.15. The van der Waals surface area contributed by atoms with Crippen molar-refractivity contribution in [3.8, 4) is 0 Å². The lowest BCUT2D eigenvalue weighted by atomic mass is 10.4. The number of rotatable bonds is 3. The third-order valence-corrected chi connectivity index (χ3v) is 8.25. The first-order valence-electron chi connectivity index (χ1n) is 4.95. The minimum Gasteiger partial charge on any atom is -0.433 e. The van der Waals surface area contributed by atoms with Crippen LogP contribution in [0.15, 0.2) is 12.3 Å². The Morgan fingerprint density at radius 3 is 2.46 bits per heavy atom. The number of hydrogen-bond donors (Lipinski definition) is 0. The Bertz CT molecular complexity index is 181. The van der Waals surface area contributed by atoms with Gasteiger partial charge >= 0.3 is 8.56 Å². The van der Waals surface area contributed by atoms with Crippen LogP contribution < -0.4 is 0 Å². The van der Waals surface area contributed by atoms with Gasteiger partial charge < -0.3 is 8.54 Å². The summed E-state index contributed by atoms with van der Waals surface area (Å²) < 4.78 is 12.0. The van der Waals surface area contributed by atoms with E-state index in [1.807, 2.05) is 5.70 Å². The van der Waals surface area contributed by atoms with Crippen LogP contribution in [0.2, 0.25) is 25.7 Å². The fraction of sp³-hybridized carbons (Fsp3) is 0.778. The van der Waals surface area contributed by atoms with E-state index in [-0.39, 0.29) is 0 Å². The molecule has 1 heterocycles. The zero-order valence-electron chi connectivity index (χ0n) is 8.93. The summed E-state index contributed by atoms with van der Waals surface area (Å²) in [5.41, 5.74) is 1.96. The van der Waals surface area contributed by atoms with Crippen LogP contribution in [0.1, 0.15) is 12.8 Å². The topological polar surface area (TPSA) is 18.5 Å². The molecule has 0 N–H and O–H groups in total. The number of hydrogen-bond acceptors (Lipinski definition) is 2. The average Bonchev–Trinajstić information content (AvgIpc) is 2.03. The smallest absolute Gasteiger partial charge is 0.354 e. The van der Waals surface area contributed by atoms with Crippen LogP contribution >= 0.6 is 0 Å². The molecule has 0 amide bonds. The molecule has 76 valence electrons. The fourth-order valence-corrected chi connectivity index (χ4v) is 8.41. The van der Waals surface area contributed by atoms with Gasteiger partial charge in [0.25, 0.3) is 0 Å². The van der Waals surface area contributed by atoms with Crippen molar-refractivity contribution in [2.24, 2.45) is 0 Å². The van der Waals surface area contributed by atoms with Crippen molar-refractivity contribution in [2.45, 2.75) is 38.5 Å². The highest BCUT2D eigenvalue weighted by atomic mass is 28.4. The van der Waals surface area contributed by atoms with E-state index < -0.39 is 16.9 Å². The lowest BCUT2D eigenvalue weighted by Crippen LogP contribution is -2.50. The van der Waals surface area contributed by atoms with E-state index in [1.54, 1.807) is 0 Å². The van der Waals surface area contributed by atoms with Crippen LogP contribution in [-0.4, -0.2) is 23.5 Å². The first-order valence-corrected chi connectivity index (χ1v) is 10.5. The predicted molar refractivity (Wildman–Crippen MR) is 60.4 cm³/mol. The summed E-state index contributed by atoms with van der Waals surface area (Å²) in [6.07, 6.45) is 2.42. The average molecular weight is 216 g/mol. The van der Waals surface area contributed by atoms with Crippen molar-refractivity contribution in [1.82, 2.24) is 0 Å². The maximum atomic E-state index is 6.15. The second-order valence-corrected chi connectivity index (χ2v) is 12.4. The molecule has 1 unspecified atom stereocenters. The standard InChI is InChI=1S/C9H20O2Si2/c1-5-13(11-12(2,3)4)9-7-6-8-10-13/h5H,1,6-9H2,2-4H3. The SMILES string of the molecule is C=C[Si]1(O[Si](C)(C)C)CCCCO1. The van der Waals surface area contributed by atoms with Crippen molar-refractivity contribution in [2.75, 3.05) is 6.61 Å². The van der Waals surface area contributed by atoms with Crippen molar-refractivity contribution in [3.63, 3.8) is 0 Å². The van der Waals surface area contributed by atoms with Crippen molar-refractivity contribution < 1.29 is 8.54 Å². The second-order valence-electron chi connectivity index (χ2n) is 4.54. The van der Waals surface area contributed by atoms with Crippen LogP contribution in [0, 0.1) is 0 Å². The Hall–Kier alpha value is 0.0938. The summed E-state index contributed by atoms with van der Waals surface area (Å²) in [5, 5.41) is 0. The van der Waals surface area contributed by atoms with E-state index in [9.17, 15) is 0 Å². The van der Waals surface area contributed by atoms with E-state index in [4.69, 9.17) is 8.54 Å². The van der Waals surface area contributed by atoms with E-state index in [2.05, 4.69) is 26.2 Å². The summed E-state index contributed by atoms with van der Waals surface area (Å²) in [5.74, 6) is 0. The first kappa shape index (κ1) is 11.2. The molecule has 1 atom stereocenters. The van der Waals surface area contributed by atoms with Gasteiger partial charge in [0.05, 0.1) is 0 Å². The maximum Gasteiger partial charge on any atom is 0.354 e. The molecule has 0 aliphatic carbocycles. The highest BCUT2D eigenvalue weighted by molar-refractivity contribution is 6.84. The van der Waals surface area contributed by atoms with E-state index >= 15 is 0 Å². The van der Waals surface area contributed by atoms with Gasteiger partial charge in [0.2, 0.25) is 0 Å². The zero-order valence-corrected chi connectivity index (χ0v) is 10.9. The predicted octanol–water partition coefficient (Wildman–Crippen LogP) is 2.82. The van der Waals surface area contributed by atoms with E-state index in [0.29, 0.717) is 0 Å². The van der Waals surface area contributed by atoms with Crippen LogP contribution in [0.3, 0.4) is 0 Å². The Kier molecular flexibility index (Phi) is 3.51. The molecule has 0 aromatic heterocycles. The molecular weight excluding hydrogens is 196 g/mol. The molecular formula is C9H20O2Si2. The normalized spacial score (nSPS) is 30.1. The molecule has 0 aromatic carbocycles. The molecule has 0 bridgehead atoms. The summed E-state index contributed by atoms with van der Waals surface area (Å²) in [6.45, 7) is 11.4. The van der Waals surface area contributed by atoms with Gasteiger partial charge in [-0.2, -0.15) is 0 Å². The third kappa shape index (κ3) is 3.38. The molecule has 0 radical (unpaired) electrons. The molecule has 0 spiro atoms. The lowest BCUT2D eigenvalue weighted by molar-refractivity contribution is 0.217. The van der Waals surface area contributed by atoms with Gasteiger partial charge in [0, 0.05) is 6.61 Å². The van der Waals surface area contributed by atoms with Gasteiger partial charge in [-0.25, -0.2) is 0 Å². The van der Waals surface area contributed by atoms with Gasteiger partial charge in [-0.1, -0.05) is 5.70 Å². The Balaban J connectivity index is 2.63. The van der Waals surface area contributed by atoms with Crippen molar-refractivity contribution >= 4 is 16.9 Å². The quantitative estimate of drug-likeness (QED) is 0.675. The van der Waals surface area contributed by atoms with Crippen molar-refractivity contribution in [1.29, 1.82) is 0 Å². The Morgan fingerprint density at radius 1 is 1.38 bits per heavy atom. The van der Waals surface area contributed by atoms with Crippen LogP contribution in [0.4, 0.5) is 0 Å². The molecule has 1 saturated heterocycles. The van der Waals surface area contributed by atoms with Crippen LogP contribution in [-0.2, 0) is 8.54 Å². The minimum atomic E-state index is -1.97. The Labute approximate surface area is 83.3 Å². The highest BCUT2D eigenvalue weighted by Gasteiger charge is 2.40. The fourth-order valence-electron chi connectivity index (χ4n) is 1.59. The lowest BCUT2D eigenvalue weighted by Gasteiger charge is -2.36. The molecule has 2 nitrogen and oxygen atoms in total. The van der Waals surface area contributed by atoms with Gasteiger partial charge in [0.1, 0.15) is 0 Å². The summed E-state index contributed by atoms with van der Waals surface area (Å²) >= 11 is 0. The van der Waals surface area contributed by atoms with E-state index in [0.717, 1.165) is 12.7 Å². The summed E-state index contributed by atoms with van der Waals surface area (Å²) in [7, 11) is -3.44. The molecule has 1 aliphatic heterocycles. The first-order chi connectivity index (χ1) is 5.97. The van der Waals surface area contributed by atoms with Gasteiger partial charge in [-0.3, -0.25) is 0 Å². The largest absolute Gasteiger partial charge is 0.433 e. The monoisotopic (exact) mass is 216 g/mol. The third-order valence-electron chi connectivity index (χ3n) is 2.06. The van der Waals surface area contributed by atoms with Gasteiger partial charge in [0.15, 0.2) is 8.32 Å². The second kappa shape index (κ2) is 4.08. The molecule has 0 saturated carbocycles. The van der Waals surface area contributed by atoms with E-state index in [1.165, 1.54) is 12.8 Å². The minimum absolute atomic E-state index is 0.864. The molecule has 13 heavy (non-hydrogen) atoms. The highest BCUT2D eigenvalue weighted by Crippen LogP contribution is 2.26. The summed E-state index contributed by atoms with van der Waals surface area (Å²) in [4.78, 5) is 0.